The van der Waals surface area contributed by atoms with Crippen LogP contribution < -0.4 is 5.32 Å². The molecule has 16 heavy (non-hydrogen) atoms. The van der Waals surface area contributed by atoms with Crippen LogP contribution in [0.5, 0.6) is 0 Å². The van der Waals surface area contributed by atoms with E-state index in [0.29, 0.717) is 12.0 Å². The van der Waals surface area contributed by atoms with E-state index < -0.39 is 0 Å². The Hall–Kier alpha value is -0.890. The minimum absolute atomic E-state index is 0.0913. The fourth-order valence-corrected chi connectivity index (χ4v) is 2.15. The third-order valence-corrected chi connectivity index (χ3v) is 3.20. The average Bonchev–Trinajstić information content (AvgIpc) is 2.28. The molecule has 0 fully saturated rings. The number of rotatable bonds is 6. The Labute approximate surface area is 98.1 Å². The van der Waals surface area contributed by atoms with E-state index >= 15 is 0 Å². The first-order valence-corrected chi connectivity index (χ1v) is 6.09. The van der Waals surface area contributed by atoms with E-state index in [0.717, 1.165) is 12.0 Å². The SMILES string of the molecule is CCCC(C)C(Cc1ccccc1F)NC. The molecule has 0 aromatic heterocycles. The fourth-order valence-electron chi connectivity index (χ4n) is 2.15. The van der Waals surface area contributed by atoms with Gasteiger partial charge in [0.1, 0.15) is 5.82 Å². The highest BCUT2D eigenvalue weighted by atomic mass is 19.1. The van der Waals surface area contributed by atoms with E-state index in [2.05, 4.69) is 19.2 Å². The molecule has 0 spiro atoms. The second kappa shape index (κ2) is 6.64. The topological polar surface area (TPSA) is 12.0 Å². The molecule has 0 bridgehead atoms. The summed E-state index contributed by atoms with van der Waals surface area (Å²) in [4.78, 5) is 0. The predicted molar refractivity (Wildman–Crippen MR) is 67.0 cm³/mol. The molecule has 1 rings (SSSR count). The summed E-state index contributed by atoms with van der Waals surface area (Å²) in [7, 11) is 1.96. The lowest BCUT2D eigenvalue weighted by Gasteiger charge is -2.23. The van der Waals surface area contributed by atoms with Gasteiger partial charge in [0.25, 0.3) is 0 Å². The van der Waals surface area contributed by atoms with E-state index in [1.165, 1.54) is 18.9 Å². The van der Waals surface area contributed by atoms with Gasteiger partial charge in [0.2, 0.25) is 0 Å². The second-order valence-electron chi connectivity index (χ2n) is 4.46. The third-order valence-electron chi connectivity index (χ3n) is 3.20. The smallest absolute Gasteiger partial charge is 0.126 e. The van der Waals surface area contributed by atoms with Crippen molar-refractivity contribution in [2.75, 3.05) is 7.05 Å². The van der Waals surface area contributed by atoms with Crippen LogP contribution in [0.4, 0.5) is 4.39 Å². The number of halogens is 1. The van der Waals surface area contributed by atoms with E-state index in [1.54, 1.807) is 6.07 Å². The van der Waals surface area contributed by atoms with Gasteiger partial charge in [-0.1, -0.05) is 38.5 Å². The Morgan fingerprint density at radius 3 is 2.56 bits per heavy atom. The molecule has 1 aromatic carbocycles. The summed E-state index contributed by atoms with van der Waals surface area (Å²) in [5, 5.41) is 3.30. The van der Waals surface area contributed by atoms with Gasteiger partial charge >= 0.3 is 0 Å². The van der Waals surface area contributed by atoms with Gasteiger partial charge in [-0.3, -0.25) is 0 Å². The van der Waals surface area contributed by atoms with Gasteiger partial charge in [-0.2, -0.15) is 0 Å². The van der Waals surface area contributed by atoms with Crippen LogP contribution in [0.2, 0.25) is 0 Å². The molecule has 2 unspecified atom stereocenters. The van der Waals surface area contributed by atoms with Crippen LogP contribution in [-0.4, -0.2) is 13.1 Å². The van der Waals surface area contributed by atoms with Crippen molar-refractivity contribution in [1.82, 2.24) is 5.32 Å². The number of benzene rings is 1. The number of hydrogen-bond acceptors (Lipinski definition) is 1. The summed E-state index contributed by atoms with van der Waals surface area (Å²) in [5.41, 5.74) is 0.810. The second-order valence-corrected chi connectivity index (χ2v) is 4.46. The van der Waals surface area contributed by atoms with Crippen molar-refractivity contribution in [1.29, 1.82) is 0 Å². The van der Waals surface area contributed by atoms with Crippen molar-refractivity contribution in [3.05, 3.63) is 35.6 Å². The molecule has 0 aliphatic rings. The molecule has 0 heterocycles. The Morgan fingerprint density at radius 2 is 2.00 bits per heavy atom. The maximum atomic E-state index is 13.5. The molecule has 0 saturated carbocycles. The van der Waals surface area contributed by atoms with E-state index in [9.17, 15) is 4.39 Å². The van der Waals surface area contributed by atoms with Crippen molar-refractivity contribution in [3.63, 3.8) is 0 Å². The van der Waals surface area contributed by atoms with Crippen LogP contribution in [0, 0.1) is 11.7 Å². The minimum Gasteiger partial charge on any atom is -0.316 e. The van der Waals surface area contributed by atoms with E-state index in [1.807, 2.05) is 19.2 Å². The lowest BCUT2D eigenvalue weighted by Crippen LogP contribution is -2.34. The van der Waals surface area contributed by atoms with Gasteiger partial charge in [-0.25, -0.2) is 4.39 Å². The van der Waals surface area contributed by atoms with Crippen molar-refractivity contribution in [2.24, 2.45) is 5.92 Å². The quantitative estimate of drug-likeness (QED) is 0.779. The fraction of sp³-hybridized carbons (Fsp3) is 0.571. The summed E-state index contributed by atoms with van der Waals surface area (Å²) in [5.74, 6) is 0.487. The molecule has 0 radical (unpaired) electrons. The molecule has 0 aliphatic heterocycles. The maximum Gasteiger partial charge on any atom is 0.126 e. The normalized spacial score (nSPS) is 14.8. The summed E-state index contributed by atoms with van der Waals surface area (Å²) < 4.78 is 13.5. The number of likely N-dealkylation sites (N-methyl/N-ethyl adjacent to an activating group) is 1. The van der Waals surface area contributed by atoms with Crippen LogP contribution in [0.3, 0.4) is 0 Å². The van der Waals surface area contributed by atoms with Gasteiger partial charge in [-0.05, 0) is 37.4 Å². The van der Waals surface area contributed by atoms with Crippen molar-refractivity contribution in [2.45, 2.75) is 39.2 Å². The molecule has 90 valence electrons. The summed E-state index contributed by atoms with van der Waals surface area (Å²) >= 11 is 0. The minimum atomic E-state index is -0.0913. The predicted octanol–water partition coefficient (Wildman–Crippen LogP) is 3.39. The number of nitrogens with one attached hydrogen (secondary N) is 1. The molecule has 2 atom stereocenters. The molecule has 0 aliphatic carbocycles. The zero-order valence-electron chi connectivity index (χ0n) is 10.5. The first-order valence-electron chi connectivity index (χ1n) is 6.09. The molecule has 2 heteroatoms. The Kier molecular flexibility index (Phi) is 5.47. The van der Waals surface area contributed by atoms with Crippen LogP contribution >= 0.6 is 0 Å². The molecule has 0 amide bonds. The maximum absolute atomic E-state index is 13.5. The highest BCUT2D eigenvalue weighted by Gasteiger charge is 2.16. The molecule has 0 saturated heterocycles. The Bertz CT molecular complexity index is 311. The highest BCUT2D eigenvalue weighted by Crippen LogP contribution is 2.16. The van der Waals surface area contributed by atoms with Gasteiger partial charge < -0.3 is 5.32 Å². The molecule has 1 aromatic rings. The zero-order chi connectivity index (χ0) is 12.0. The zero-order valence-corrected chi connectivity index (χ0v) is 10.5. The monoisotopic (exact) mass is 223 g/mol. The summed E-state index contributed by atoms with van der Waals surface area (Å²) in [6, 6.07) is 7.40. The lowest BCUT2D eigenvalue weighted by atomic mass is 9.91. The van der Waals surface area contributed by atoms with Gasteiger partial charge in [0.05, 0.1) is 0 Å². The highest BCUT2D eigenvalue weighted by molar-refractivity contribution is 5.18. The van der Waals surface area contributed by atoms with Crippen molar-refractivity contribution in [3.8, 4) is 0 Å². The Balaban J connectivity index is 2.66. The van der Waals surface area contributed by atoms with Crippen molar-refractivity contribution < 1.29 is 4.39 Å². The van der Waals surface area contributed by atoms with Crippen LogP contribution in [0.1, 0.15) is 32.3 Å². The Morgan fingerprint density at radius 1 is 1.31 bits per heavy atom. The van der Waals surface area contributed by atoms with Gasteiger partial charge in [-0.15, -0.1) is 0 Å². The summed E-state index contributed by atoms with van der Waals surface area (Å²) in [6.45, 7) is 4.41. The lowest BCUT2D eigenvalue weighted by molar-refractivity contribution is 0.368. The molecular weight excluding hydrogens is 201 g/mol. The van der Waals surface area contributed by atoms with Crippen LogP contribution in [0.15, 0.2) is 24.3 Å². The van der Waals surface area contributed by atoms with E-state index in [-0.39, 0.29) is 5.82 Å². The summed E-state index contributed by atoms with van der Waals surface area (Å²) in [6.07, 6.45) is 3.13. The van der Waals surface area contributed by atoms with Crippen LogP contribution in [-0.2, 0) is 6.42 Å². The van der Waals surface area contributed by atoms with Gasteiger partial charge in [0.15, 0.2) is 0 Å². The largest absolute Gasteiger partial charge is 0.316 e. The van der Waals surface area contributed by atoms with E-state index in [4.69, 9.17) is 0 Å². The van der Waals surface area contributed by atoms with Gasteiger partial charge in [0, 0.05) is 6.04 Å². The standard InChI is InChI=1S/C14H22FN/c1-4-7-11(2)14(16-3)10-12-8-5-6-9-13(12)15/h5-6,8-9,11,14,16H,4,7,10H2,1-3H3. The molecule has 1 nitrogen and oxygen atoms in total. The molecule has 1 N–H and O–H groups in total. The average molecular weight is 223 g/mol. The van der Waals surface area contributed by atoms with Crippen molar-refractivity contribution >= 4 is 0 Å². The number of hydrogen-bond donors (Lipinski definition) is 1. The third kappa shape index (κ3) is 3.60. The van der Waals surface area contributed by atoms with Crippen LogP contribution in [0.25, 0.3) is 0 Å². The first-order chi connectivity index (χ1) is 7.69. The first kappa shape index (κ1) is 13.2. The molecular formula is C14H22FN.